The third kappa shape index (κ3) is 3.87. The molecule has 0 unspecified atom stereocenters. The average molecular weight is 417 g/mol. The van der Waals surface area contributed by atoms with E-state index >= 15 is 0 Å². The maximum atomic E-state index is 13.3. The van der Waals surface area contributed by atoms with E-state index < -0.39 is 5.97 Å². The first-order valence-electron chi connectivity index (χ1n) is 9.70. The Morgan fingerprint density at radius 3 is 2.47 bits per heavy atom. The van der Waals surface area contributed by atoms with Crippen molar-refractivity contribution in [1.29, 1.82) is 0 Å². The minimum Gasteiger partial charge on any atom is -0.493 e. The molecule has 0 bridgehead atoms. The number of carbonyl (C=O) groups is 2. The maximum Gasteiger partial charge on any atom is 0.340 e. The Morgan fingerprint density at radius 2 is 1.90 bits per heavy atom. The van der Waals surface area contributed by atoms with Crippen molar-refractivity contribution in [3.63, 3.8) is 0 Å². The summed E-state index contributed by atoms with van der Waals surface area (Å²) in [6.45, 7) is 2.82. The Balaban J connectivity index is 2.08. The van der Waals surface area contributed by atoms with Crippen LogP contribution < -0.4 is 14.2 Å². The van der Waals surface area contributed by atoms with Gasteiger partial charge in [0.2, 0.25) is 5.75 Å². The molecule has 1 atom stereocenters. The highest BCUT2D eigenvalue weighted by molar-refractivity contribution is 6.16. The standard InChI is InChI=1S/C22H27NO7/c1-13-18(22(25)29-5)16(21(24)23(13)12-15-7-6-10-30-15)11-14-8-9-17(26-2)20(28-4)19(14)27-3/h8-9,11,15H,6-7,10,12H2,1-5H3/b16-11-/t15-/m0/s1. The molecule has 0 N–H and O–H groups in total. The molecule has 2 heterocycles. The molecule has 3 rings (SSSR count). The van der Waals surface area contributed by atoms with Crippen molar-refractivity contribution in [2.24, 2.45) is 0 Å². The normalized spacial score (nSPS) is 20.2. The third-order valence-electron chi connectivity index (χ3n) is 5.35. The quantitative estimate of drug-likeness (QED) is 0.498. The van der Waals surface area contributed by atoms with Gasteiger partial charge >= 0.3 is 5.97 Å². The number of carbonyl (C=O) groups excluding carboxylic acids is 2. The van der Waals surface area contributed by atoms with E-state index in [2.05, 4.69) is 0 Å². The van der Waals surface area contributed by atoms with Crippen molar-refractivity contribution >= 4 is 18.0 Å². The van der Waals surface area contributed by atoms with Crippen LogP contribution in [0.15, 0.2) is 29.0 Å². The monoisotopic (exact) mass is 417 g/mol. The number of rotatable bonds is 7. The van der Waals surface area contributed by atoms with E-state index in [9.17, 15) is 9.59 Å². The van der Waals surface area contributed by atoms with Gasteiger partial charge in [0.25, 0.3) is 5.91 Å². The maximum absolute atomic E-state index is 13.3. The first kappa shape index (κ1) is 21.7. The Hall–Kier alpha value is -3.00. The second-order valence-electron chi connectivity index (χ2n) is 6.98. The summed E-state index contributed by atoms with van der Waals surface area (Å²) >= 11 is 0. The molecule has 0 aromatic heterocycles. The van der Waals surface area contributed by atoms with Crippen LogP contribution in [0.25, 0.3) is 6.08 Å². The van der Waals surface area contributed by atoms with Gasteiger partial charge in [-0.05, 0) is 38.0 Å². The van der Waals surface area contributed by atoms with Crippen molar-refractivity contribution in [2.75, 3.05) is 41.6 Å². The Labute approximate surface area is 176 Å². The van der Waals surface area contributed by atoms with Gasteiger partial charge in [-0.25, -0.2) is 4.79 Å². The number of amides is 1. The fourth-order valence-corrected chi connectivity index (χ4v) is 3.83. The molecule has 1 saturated heterocycles. The summed E-state index contributed by atoms with van der Waals surface area (Å²) in [6, 6.07) is 3.46. The molecule has 0 spiro atoms. The topological polar surface area (TPSA) is 83.5 Å². The largest absolute Gasteiger partial charge is 0.493 e. The van der Waals surface area contributed by atoms with Gasteiger partial charge in [0.15, 0.2) is 11.5 Å². The van der Waals surface area contributed by atoms with E-state index in [1.807, 2.05) is 0 Å². The SMILES string of the molecule is COC(=O)C1=C(C)N(C[C@@H]2CCCO2)C(=O)/C1=C\c1ccc(OC)c(OC)c1OC. The van der Waals surface area contributed by atoms with Gasteiger partial charge in [0, 0.05) is 17.9 Å². The molecule has 2 aliphatic rings. The molecule has 1 aromatic carbocycles. The second kappa shape index (κ2) is 9.21. The zero-order valence-corrected chi connectivity index (χ0v) is 17.9. The summed E-state index contributed by atoms with van der Waals surface area (Å²) in [6.07, 6.45) is 3.42. The van der Waals surface area contributed by atoms with E-state index in [4.69, 9.17) is 23.7 Å². The highest BCUT2D eigenvalue weighted by Gasteiger charge is 2.38. The molecule has 8 heteroatoms. The van der Waals surface area contributed by atoms with Crippen LogP contribution in [-0.2, 0) is 19.1 Å². The molecule has 0 radical (unpaired) electrons. The summed E-state index contributed by atoms with van der Waals surface area (Å²) in [5, 5.41) is 0. The van der Waals surface area contributed by atoms with Gasteiger partial charge in [-0.15, -0.1) is 0 Å². The van der Waals surface area contributed by atoms with E-state index in [-0.39, 0.29) is 23.2 Å². The highest BCUT2D eigenvalue weighted by atomic mass is 16.5. The van der Waals surface area contributed by atoms with Crippen molar-refractivity contribution in [3.05, 3.63) is 34.5 Å². The number of hydrogen-bond donors (Lipinski definition) is 0. The summed E-state index contributed by atoms with van der Waals surface area (Å²) in [5.41, 5.74) is 1.60. The summed E-state index contributed by atoms with van der Waals surface area (Å²) < 4.78 is 26.9. The summed E-state index contributed by atoms with van der Waals surface area (Å²) in [7, 11) is 5.83. The number of hydrogen-bond acceptors (Lipinski definition) is 7. The summed E-state index contributed by atoms with van der Waals surface area (Å²) in [5.74, 6) is 0.448. The molecule has 1 amide bonds. The van der Waals surface area contributed by atoms with E-state index in [0.717, 1.165) is 12.8 Å². The van der Waals surface area contributed by atoms with Gasteiger partial charge in [-0.2, -0.15) is 0 Å². The number of allylic oxidation sites excluding steroid dienone is 1. The lowest BCUT2D eigenvalue weighted by Gasteiger charge is -2.21. The molecule has 2 aliphatic heterocycles. The minimum atomic E-state index is -0.568. The van der Waals surface area contributed by atoms with Crippen molar-refractivity contribution in [1.82, 2.24) is 4.90 Å². The molecule has 8 nitrogen and oxygen atoms in total. The molecule has 0 aliphatic carbocycles. The lowest BCUT2D eigenvalue weighted by atomic mass is 10.0. The van der Waals surface area contributed by atoms with Crippen LogP contribution in [0.5, 0.6) is 17.2 Å². The zero-order valence-electron chi connectivity index (χ0n) is 17.9. The van der Waals surface area contributed by atoms with Crippen LogP contribution in [0.4, 0.5) is 0 Å². The molecule has 1 fully saturated rings. The van der Waals surface area contributed by atoms with Crippen molar-refractivity contribution in [2.45, 2.75) is 25.9 Å². The predicted molar refractivity (Wildman–Crippen MR) is 109 cm³/mol. The molecule has 1 aromatic rings. The van der Waals surface area contributed by atoms with Gasteiger partial charge in [0.05, 0.1) is 52.2 Å². The van der Waals surface area contributed by atoms with Crippen molar-refractivity contribution in [3.8, 4) is 17.2 Å². The number of esters is 1. The van der Waals surface area contributed by atoms with Crippen LogP contribution in [0.3, 0.4) is 0 Å². The number of benzene rings is 1. The smallest absolute Gasteiger partial charge is 0.340 e. The molecular weight excluding hydrogens is 390 g/mol. The van der Waals surface area contributed by atoms with Crippen molar-refractivity contribution < 1.29 is 33.3 Å². The van der Waals surface area contributed by atoms with Crippen LogP contribution in [0.1, 0.15) is 25.3 Å². The van der Waals surface area contributed by atoms with Crippen LogP contribution >= 0.6 is 0 Å². The zero-order chi connectivity index (χ0) is 21.8. The van der Waals surface area contributed by atoms with Gasteiger partial charge < -0.3 is 28.6 Å². The fourth-order valence-electron chi connectivity index (χ4n) is 3.83. The van der Waals surface area contributed by atoms with Crippen LogP contribution in [0, 0.1) is 0 Å². The molecular formula is C22H27NO7. The number of nitrogens with zero attached hydrogens (tertiary/aromatic N) is 1. The molecule has 0 saturated carbocycles. The summed E-state index contributed by atoms with van der Waals surface area (Å²) in [4.78, 5) is 27.4. The third-order valence-corrected chi connectivity index (χ3v) is 5.35. The first-order valence-corrected chi connectivity index (χ1v) is 9.70. The average Bonchev–Trinajstić information content (AvgIpc) is 3.35. The van der Waals surface area contributed by atoms with Gasteiger partial charge in [0.1, 0.15) is 0 Å². The lowest BCUT2D eigenvalue weighted by Crippen LogP contribution is -2.33. The van der Waals surface area contributed by atoms with E-state index in [1.54, 1.807) is 30.0 Å². The van der Waals surface area contributed by atoms with Crippen LogP contribution in [-0.4, -0.2) is 64.5 Å². The van der Waals surface area contributed by atoms with Gasteiger partial charge in [-0.1, -0.05) is 0 Å². The number of methoxy groups -OCH3 is 4. The predicted octanol–water partition coefficient (Wildman–Crippen LogP) is 2.56. The first-order chi connectivity index (χ1) is 14.5. The fraction of sp³-hybridized carbons (Fsp3) is 0.455. The van der Waals surface area contributed by atoms with E-state index in [1.165, 1.54) is 28.4 Å². The van der Waals surface area contributed by atoms with E-state index in [0.29, 0.717) is 41.7 Å². The van der Waals surface area contributed by atoms with Crippen LogP contribution in [0.2, 0.25) is 0 Å². The Kier molecular flexibility index (Phi) is 6.66. The number of ether oxygens (including phenoxy) is 5. The second-order valence-corrected chi connectivity index (χ2v) is 6.98. The van der Waals surface area contributed by atoms with Gasteiger partial charge in [-0.3, -0.25) is 4.79 Å². The molecule has 162 valence electrons. The minimum absolute atomic E-state index is 0.0437. The molecule has 30 heavy (non-hydrogen) atoms. The lowest BCUT2D eigenvalue weighted by molar-refractivity contribution is -0.136. The Morgan fingerprint density at radius 1 is 1.17 bits per heavy atom. The Bertz CT molecular complexity index is 897. The highest BCUT2D eigenvalue weighted by Crippen LogP contribution is 2.42.